The van der Waals surface area contributed by atoms with Crippen LogP contribution in [0, 0.1) is 5.82 Å². The Morgan fingerprint density at radius 2 is 1.45 bits per heavy atom. The third kappa shape index (κ3) is 7.35. The highest BCUT2D eigenvalue weighted by atomic mass is 35.5. The maximum atomic E-state index is 14.8. The molecule has 0 spiro atoms. The fraction of sp³-hybridized carbons (Fsp3) is 0.290. The molecule has 4 N–H and O–H groups in total. The number of esters is 2. The highest BCUT2D eigenvalue weighted by Crippen LogP contribution is 2.34. The average Bonchev–Trinajstić information content (AvgIpc) is 3.50. The Labute approximate surface area is 273 Å². The van der Waals surface area contributed by atoms with E-state index in [9.17, 15) is 23.6 Å². The predicted molar refractivity (Wildman–Crippen MR) is 164 cm³/mol. The van der Waals surface area contributed by atoms with Gasteiger partial charge in [0.05, 0.1) is 60.8 Å². The molecule has 2 aliphatic rings. The average molecular weight is 668 g/mol. The van der Waals surface area contributed by atoms with E-state index in [0.29, 0.717) is 17.0 Å². The number of allylic oxidation sites excluding steroid dienone is 2. The first kappa shape index (κ1) is 32.9. The minimum Gasteiger partial charge on any atom is -0.487 e. The second-order valence-corrected chi connectivity index (χ2v) is 10.4. The number of benzene rings is 2. The van der Waals surface area contributed by atoms with Crippen molar-refractivity contribution in [1.82, 2.24) is 36.3 Å². The minimum absolute atomic E-state index is 0.0181. The van der Waals surface area contributed by atoms with Crippen molar-refractivity contribution in [2.24, 2.45) is 0 Å². The van der Waals surface area contributed by atoms with Crippen LogP contribution < -0.4 is 26.0 Å². The molecular formula is C31H31ClFN7O7. The first-order chi connectivity index (χ1) is 22.7. The fourth-order valence-electron chi connectivity index (χ4n) is 5.19. The number of nitrogens with one attached hydrogen (secondary N) is 4. The summed E-state index contributed by atoms with van der Waals surface area (Å²) in [5.41, 5.74) is 1.48. The largest absolute Gasteiger partial charge is 0.487 e. The quantitative estimate of drug-likeness (QED) is 0.167. The molecular weight excluding hydrogens is 637 g/mol. The molecule has 14 nitrogen and oxygen atoms in total. The third-order valence-electron chi connectivity index (χ3n) is 7.16. The molecule has 2 unspecified atom stereocenters. The Morgan fingerprint density at radius 3 is 2.09 bits per heavy atom. The second-order valence-electron chi connectivity index (χ2n) is 10.2. The Balaban J connectivity index is 1.39. The maximum Gasteiger partial charge on any atom is 0.338 e. The minimum atomic E-state index is -1.11. The van der Waals surface area contributed by atoms with Crippen molar-refractivity contribution in [3.63, 3.8) is 0 Å². The summed E-state index contributed by atoms with van der Waals surface area (Å²) in [7, 11) is 0. The van der Waals surface area contributed by atoms with Crippen LogP contribution in [0.2, 0.25) is 0 Å². The molecule has 2 atom stereocenters. The Morgan fingerprint density at radius 1 is 0.872 bits per heavy atom. The number of alkyl halides is 1. The molecule has 0 fully saturated rings. The fourth-order valence-corrected chi connectivity index (χ4v) is 5.40. The Hall–Kier alpha value is -5.44. The monoisotopic (exact) mass is 667 g/mol. The molecule has 246 valence electrons. The number of hydrogen-bond donors (Lipinski definition) is 4. The van der Waals surface area contributed by atoms with Crippen LogP contribution in [0.25, 0.3) is 0 Å². The predicted octanol–water partition coefficient (Wildman–Crippen LogP) is 3.28. The Kier molecular flexibility index (Phi) is 10.3. The number of urea groups is 2. The van der Waals surface area contributed by atoms with Gasteiger partial charge in [-0.3, -0.25) is 0 Å². The third-order valence-corrected chi connectivity index (χ3v) is 7.43. The molecule has 5 rings (SSSR count). The lowest BCUT2D eigenvalue weighted by molar-refractivity contribution is -0.140. The topological polar surface area (TPSA) is 175 Å². The van der Waals surface area contributed by atoms with E-state index in [1.807, 2.05) is 0 Å². The van der Waals surface area contributed by atoms with Crippen molar-refractivity contribution in [3.8, 4) is 5.75 Å². The molecule has 0 bridgehead atoms. The van der Waals surface area contributed by atoms with Crippen LogP contribution in [0.3, 0.4) is 0 Å². The van der Waals surface area contributed by atoms with Gasteiger partial charge in [-0.05, 0) is 26.0 Å². The number of amides is 4. The van der Waals surface area contributed by atoms with Crippen molar-refractivity contribution in [1.29, 1.82) is 0 Å². The molecule has 2 aromatic carbocycles. The molecule has 2 aliphatic heterocycles. The van der Waals surface area contributed by atoms with E-state index in [1.165, 1.54) is 22.9 Å². The zero-order valence-electron chi connectivity index (χ0n) is 25.3. The van der Waals surface area contributed by atoms with E-state index in [0.717, 1.165) is 0 Å². The number of ether oxygens (including phenoxy) is 3. The van der Waals surface area contributed by atoms with Gasteiger partial charge in [0.1, 0.15) is 23.9 Å². The molecule has 1 aromatic heterocycles. The lowest BCUT2D eigenvalue weighted by atomic mass is 9.94. The van der Waals surface area contributed by atoms with Crippen LogP contribution in [-0.2, 0) is 32.2 Å². The second kappa shape index (κ2) is 14.8. The van der Waals surface area contributed by atoms with Gasteiger partial charge in [0.2, 0.25) is 0 Å². The molecule has 4 amide bonds. The summed E-state index contributed by atoms with van der Waals surface area (Å²) in [4.78, 5) is 51.0. The first-order valence-corrected chi connectivity index (χ1v) is 15.1. The SMILES string of the molecule is CCOC(=O)C1=C(Cn2cc(COc3ccccc3C3NC(=O)NC(CCl)=C3C(=O)OCC)nn2)NC(=O)NC1c1ccccc1F. The van der Waals surface area contributed by atoms with Crippen molar-refractivity contribution in [2.75, 3.05) is 19.1 Å². The summed E-state index contributed by atoms with van der Waals surface area (Å²) in [5, 5.41) is 18.7. The molecule has 47 heavy (non-hydrogen) atoms. The highest BCUT2D eigenvalue weighted by molar-refractivity contribution is 6.20. The summed E-state index contributed by atoms with van der Waals surface area (Å²) in [6.45, 7) is 3.30. The molecule has 3 aromatic rings. The van der Waals surface area contributed by atoms with Gasteiger partial charge in [-0.15, -0.1) is 16.7 Å². The lowest BCUT2D eigenvalue weighted by Crippen LogP contribution is -2.47. The van der Waals surface area contributed by atoms with Gasteiger partial charge in [0, 0.05) is 16.8 Å². The van der Waals surface area contributed by atoms with Crippen LogP contribution in [0.15, 0.2) is 77.3 Å². The van der Waals surface area contributed by atoms with Crippen LogP contribution in [0.1, 0.15) is 42.8 Å². The van der Waals surface area contributed by atoms with Gasteiger partial charge in [-0.1, -0.05) is 41.6 Å². The number of nitrogens with zero attached hydrogens (tertiary/aromatic N) is 3. The van der Waals surface area contributed by atoms with Crippen molar-refractivity contribution in [3.05, 3.63) is 99.9 Å². The van der Waals surface area contributed by atoms with Crippen molar-refractivity contribution in [2.45, 2.75) is 39.1 Å². The smallest absolute Gasteiger partial charge is 0.338 e. The zero-order chi connectivity index (χ0) is 33.5. The van der Waals surface area contributed by atoms with Crippen molar-refractivity contribution < 1.29 is 37.8 Å². The summed E-state index contributed by atoms with van der Waals surface area (Å²) in [5.74, 6) is -1.76. The standard InChI is InChI=1S/C31H31ClFN7O7/c1-3-45-28(41)24-21(13-32)34-30(43)37-27(24)19-10-6-8-12-23(19)47-16-17-14-40(39-38-17)15-22-25(29(42)46-4-2)26(36-31(44)35-22)18-9-5-7-11-20(18)33/h5-12,14,26-27H,3-4,13,15-16H2,1-2H3,(H2,34,37,43)(H2,35,36,44). The number of hydrogen-bond acceptors (Lipinski definition) is 9. The van der Waals surface area contributed by atoms with Crippen LogP contribution in [-0.4, -0.2) is 58.1 Å². The summed E-state index contributed by atoms with van der Waals surface area (Å²) in [6, 6.07) is 9.42. The van der Waals surface area contributed by atoms with E-state index in [4.69, 9.17) is 25.8 Å². The van der Waals surface area contributed by atoms with E-state index < -0.39 is 41.9 Å². The number of halogens is 2. The molecule has 0 saturated heterocycles. The molecule has 0 aliphatic carbocycles. The number of para-hydroxylation sites is 1. The number of carbonyl (C=O) groups excluding carboxylic acids is 4. The van der Waals surface area contributed by atoms with Crippen LogP contribution >= 0.6 is 11.6 Å². The molecule has 16 heteroatoms. The normalized spacial score (nSPS) is 17.7. The number of carbonyl (C=O) groups is 4. The Bertz CT molecular complexity index is 1760. The highest BCUT2D eigenvalue weighted by Gasteiger charge is 2.36. The molecule has 3 heterocycles. The zero-order valence-corrected chi connectivity index (χ0v) is 26.1. The summed E-state index contributed by atoms with van der Waals surface area (Å²) < 4.78 is 32.7. The summed E-state index contributed by atoms with van der Waals surface area (Å²) in [6.07, 6.45) is 1.55. The molecule has 0 saturated carbocycles. The van der Waals surface area contributed by atoms with Gasteiger partial charge in [0.15, 0.2) is 0 Å². The van der Waals surface area contributed by atoms with Crippen molar-refractivity contribution >= 4 is 35.6 Å². The lowest BCUT2D eigenvalue weighted by Gasteiger charge is -2.29. The molecule has 0 radical (unpaired) electrons. The van der Waals surface area contributed by atoms with E-state index in [-0.39, 0.29) is 60.3 Å². The van der Waals surface area contributed by atoms with Gasteiger partial charge in [0.25, 0.3) is 0 Å². The number of rotatable bonds is 12. The van der Waals surface area contributed by atoms with Gasteiger partial charge in [-0.2, -0.15) is 0 Å². The summed E-state index contributed by atoms with van der Waals surface area (Å²) >= 11 is 6.06. The van der Waals surface area contributed by atoms with Crippen LogP contribution in [0.4, 0.5) is 14.0 Å². The van der Waals surface area contributed by atoms with E-state index >= 15 is 0 Å². The van der Waals surface area contributed by atoms with Gasteiger partial charge in [-0.25, -0.2) is 28.3 Å². The van der Waals surface area contributed by atoms with Gasteiger partial charge >= 0.3 is 24.0 Å². The van der Waals surface area contributed by atoms with E-state index in [2.05, 4.69) is 31.6 Å². The van der Waals surface area contributed by atoms with Crippen LogP contribution in [0.5, 0.6) is 5.75 Å². The van der Waals surface area contributed by atoms with Gasteiger partial charge < -0.3 is 35.5 Å². The maximum absolute atomic E-state index is 14.8. The number of aromatic nitrogens is 3. The van der Waals surface area contributed by atoms with E-state index in [1.54, 1.807) is 50.4 Å². The first-order valence-electron chi connectivity index (χ1n) is 14.6.